The van der Waals surface area contributed by atoms with Gasteiger partial charge < -0.3 is 14.7 Å². The van der Waals surface area contributed by atoms with Gasteiger partial charge in [0.15, 0.2) is 5.82 Å². The van der Waals surface area contributed by atoms with Gasteiger partial charge in [-0.15, -0.1) is 5.10 Å². The maximum atomic E-state index is 14.8. The number of para-hydroxylation sites is 2. The molecule has 1 aliphatic rings. The highest BCUT2D eigenvalue weighted by Gasteiger charge is 2.35. The van der Waals surface area contributed by atoms with E-state index in [0.717, 1.165) is 69.1 Å². The van der Waals surface area contributed by atoms with Crippen molar-refractivity contribution in [2.24, 2.45) is 0 Å². The Balaban J connectivity index is 1.22. The molecule has 13 heteroatoms. The van der Waals surface area contributed by atoms with Crippen molar-refractivity contribution in [3.63, 3.8) is 0 Å². The van der Waals surface area contributed by atoms with E-state index in [0.29, 0.717) is 18.9 Å². The van der Waals surface area contributed by atoms with Crippen LogP contribution in [0.3, 0.4) is 0 Å². The van der Waals surface area contributed by atoms with Gasteiger partial charge in [-0.1, -0.05) is 31.5 Å². The molecule has 2 aromatic heterocycles. The monoisotopic (exact) mass is 567 g/mol. The summed E-state index contributed by atoms with van der Waals surface area (Å²) in [5, 5.41) is 27.8. The minimum absolute atomic E-state index is 0.0778. The molecule has 3 heterocycles. The number of nitrogens with zero attached hydrogens (tertiary/aromatic N) is 9. The third kappa shape index (κ3) is 7.03. The number of hydrogen-bond acceptors (Lipinski definition) is 9. The molecule has 0 radical (unpaired) electrons. The topological polar surface area (TPSA) is 110 Å². The van der Waals surface area contributed by atoms with Crippen LogP contribution >= 0.6 is 0 Å². The van der Waals surface area contributed by atoms with Gasteiger partial charge in [0.05, 0.1) is 25.4 Å². The number of piperazine rings is 1. The predicted molar refractivity (Wildman–Crippen MR) is 147 cm³/mol. The average Bonchev–Trinajstić information content (AvgIpc) is 3.64. The van der Waals surface area contributed by atoms with Crippen LogP contribution in [0.2, 0.25) is 0 Å². The second-order valence-electron chi connectivity index (χ2n) is 10.3. The van der Waals surface area contributed by atoms with Gasteiger partial charge in [0, 0.05) is 50.8 Å². The van der Waals surface area contributed by atoms with Crippen molar-refractivity contribution in [2.75, 3.05) is 44.2 Å². The van der Waals surface area contributed by atoms with E-state index in [1.165, 1.54) is 28.1 Å². The lowest BCUT2D eigenvalue weighted by Gasteiger charge is -2.36. The lowest BCUT2D eigenvalue weighted by molar-refractivity contribution is -0.00975. The van der Waals surface area contributed by atoms with E-state index < -0.39 is 17.2 Å². The summed E-state index contributed by atoms with van der Waals surface area (Å²) >= 11 is 0. The van der Waals surface area contributed by atoms with Crippen LogP contribution in [-0.2, 0) is 25.1 Å². The first-order chi connectivity index (χ1) is 19.9. The Morgan fingerprint density at radius 3 is 2.63 bits per heavy atom. The summed E-state index contributed by atoms with van der Waals surface area (Å²) in [6.45, 7) is 6.75. The molecule has 1 saturated heterocycles. The predicted octanol–water partition coefficient (Wildman–Crippen LogP) is 2.67. The van der Waals surface area contributed by atoms with Gasteiger partial charge in [0.1, 0.15) is 35.6 Å². The van der Waals surface area contributed by atoms with Crippen LogP contribution in [0.25, 0.3) is 0 Å². The first kappa shape index (κ1) is 28.6. The SMILES string of the molecule is CCCCOc1ccccc1N1CCN(CCc2nnnn2CC(O)(Cn2cncn2)c2ccc(F)cc2F)CC1. The fourth-order valence-corrected chi connectivity index (χ4v) is 5.08. The van der Waals surface area contributed by atoms with E-state index >= 15 is 0 Å². The fraction of sp³-hybridized carbons (Fsp3) is 0.464. The van der Waals surface area contributed by atoms with Crippen LogP contribution in [0.4, 0.5) is 14.5 Å². The Kier molecular flexibility index (Phi) is 9.14. The smallest absolute Gasteiger partial charge is 0.152 e. The van der Waals surface area contributed by atoms with E-state index in [1.54, 1.807) is 0 Å². The van der Waals surface area contributed by atoms with Gasteiger partial charge >= 0.3 is 0 Å². The van der Waals surface area contributed by atoms with Crippen LogP contribution in [-0.4, -0.2) is 84.3 Å². The van der Waals surface area contributed by atoms with E-state index in [1.807, 2.05) is 18.2 Å². The van der Waals surface area contributed by atoms with Crippen molar-refractivity contribution in [1.29, 1.82) is 0 Å². The number of unbranched alkanes of at least 4 members (excludes halogenated alkanes) is 1. The maximum absolute atomic E-state index is 14.8. The molecule has 1 N–H and O–H groups in total. The van der Waals surface area contributed by atoms with Gasteiger partial charge in [-0.3, -0.25) is 4.90 Å². The minimum atomic E-state index is -1.81. The maximum Gasteiger partial charge on any atom is 0.152 e. The molecule has 0 aliphatic carbocycles. The summed E-state index contributed by atoms with van der Waals surface area (Å²) in [5.74, 6) is -0.117. The molecule has 5 rings (SSSR count). The standard InChI is InChI=1S/C28H35F2N9O2/c1-2-3-16-41-26-7-5-4-6-25(26)37-14-12-36(13-15-37)11-10-27-33-34-35-39(27)19-28(40,18-38-21-31-20-32-38)23-9-8-22(29)17-24(23)30/h4-9,17,20-21,40H,2-3,10-16,18-19H2,1H3. The molecule has 0 amide bonds. The van der Waals surface area contributed by atoms with Crippen LogP contribution in [0, 0.1) is 11.6 Å². The molecule has 0 saturated carbocycles. The van der Waals surface area contributed by atoms with Crippen LogP contribution in [0.1, 0.15) is 31.2 Å². The zero-order valence-electron chi connectivity index (χ0n) is 23.1. The number of aliphatic hydroxyl groups is 1. The lowest BCUT2D eigenvalue weighted by atomic mass is 9.92. The quantitative estimate of drug-likeness (QED) is 0.244. The zero-order chi connectivity index (χ0) is 28.7. The molecule has 218 valence electrons. The Hall–Kier alpha value is -3.97. The number of anilines is 1. The lowest BCUT2D eigenvalue weighted by Crippen LogP contribution is -2.47. The summed E-state index contributed by atoms with van der Waals surface area (Å²) in [6, 6.07) is 11.3. The van der Waals surface area contributed by atoms with Crippen molar-refractivity contribution in [3.8, 4) is 5.75 Å². The van der Waals surface area contributed by atoms with Crippen molar-refractivity contribution in [3.05, 3.63) is 78.1 Å². The molecular formula is C28H35F2N9O2. The summed E-state index contributed by atoms with van der Waals surface area (Å²) in [5.41, 5.74) is -0.772. The highest BCUT2D eigenvalue weighted by atomic mass is 19.1. The van der Waals surface area contributed by atoms with E-state index in [4.69, 9.17) is 4.74 Å². The van der Waals surface area contributed by atoms with E-state index in [-0.39, 0.29) is 18.7 Å². The Labute approximate surface area is 237 Å². The van der Waals surface area contributed by atoms with E-state index in [2.05, 4.69) is 48.4 Å². The summed E-state index contributed by atoms with van der Waals surface area (Å²) in [4.78, 5) is 8.60. The zero-order valence-corrected chi connectivity index (χ0v) is 23.1. The molecular weight excluding hydrogens is 532 g/mol. The molecule has 4 aromatic rings. The van der Waals surface area contributed by atoms with Crippen LogP contribution < -0.4 is 9.64 Å². The van der Waals surface area contributed by atoms with Crippen molar-refractivity contribution < 1.29 is 18.6 Å². The molecule has 2 aromatic carbocycles. The number of halogens is 2. The molecule has 1 aliphatic heterocycles. The average molecular weight is 568 g/mol. The number of tetrazole rings is 1. The molecule has 0 bridgehead atoms. The molecule has 41 heavy (non-hydrogen) atoms. The second-order valence-corrected chi connectivity index (χ2v) is 10.3. The summed E-state index contributed by atoms with van der Waals surface area (Å²) < 4.78 is 37.4. The number of benzene rings is 2. The summed E-state index contributed by atoms with van der Waals surface area (Å²) in [7, 11) is 0. The van der Waals surface area contributed by atoms with Gasteiger partial charge in [-0.25, -0.2) is 23.1 Å². The van der Waals surface area contributed by atoms with Crippen LogP contribution in [0.15, 0.2) is 55.1 Å². The Bertz CT molecular complexity index is 1390. The van der Waals surface area contributed by atoms with Crippen molar-refractivity contribution >= 4 is 5.69 Å². The second kappa shape index (κ2) is 13.1. The van der Waals surface area contributed by atoms with Crippen molar-refractivity contribution in [1.82, 2.24) is 39.9 Å². The third-order valence-corrected chi connectivity index (χ3v) is 7.33. The van der Waals surface area contributed by atoms with Gasteiger partial charge in [-0.05, 0) is 35.0 Å². The van der Waals surface area contributed by atoms with Gasteiger partial charge in [-0.2, -0.15) is 5.10 Å². The van der Waals surface area contributed by atoms with Crippen LogP contribution in [0.5, 0.6) is 5.75 Å². The van der Waals surface area contributed by atoms with Crippen molar-refractivity contribution in [2.45, 2.75) is 44.9 Å². The molecule has 1 atom stereocenters. The highest BCUT2D eigenvalue weighted by Crippen LogP contribution is 2.30. The third-order valence-electron chi connectivity index (χ3n) is 7.33. The number of ether oxygens (including phenoxy) is 1. The van der Waals surface area contributed by atoms with Gasteiger partial charge in [0.25, 0.3) is 0 Å². The normalized spacial score (nSPS) is 15.7. The molecule has 1 fully saturated rings. The fourth-order valence-electron chi connectivity index (χ4n) is 5.08. The number of hydrogen-bond donors (Lipinski definition) is 1. The Morgan fingerprint density at radius 1 is 1.05 bits per heavy atom. The number of rotatable bonds is 13. The Morgan fingerprint density at radius 2 is 1.88 bits per heavy atom. The number of aromatic nitrogens is 7. The summed E-state index contributed by atoms with van der Waals surface area (Å²) in [6.07, 6.45) is 5.39. The minimum Gasteiger partial charge on any atom is -0.491 e. The first-order valence-corrected chi connectivity index (χ1v) is 13.9. The largest absolute Gasteiger partial charge is 0.491 e. The first-order valence-electron chi connectivity index (χ1n) is 13.9. The molecule has 1 unspecified atom stereocenters. The van der Waals surface area contributed by atoms with Gasteiger partial charge in [0.2, 0.25) is 0 Å². The highest BCUT2D eigenvalue weighted by molar-refractivity contribution is 5.58. The molecule has 0 spiro atoms. The van der Waals surface area contributed by atoms with E-state index in [9.17, 15) is 13.9 Å². The molecule has 11 nitrogen and oxygen atoms in total.